The number of carbonyl (C=O) groups excluding carboxylic acids is 2. The highest BCUT2D eigenvalue weighted by atomic mass is 16.2. The fourth-order valence-corrected chi connectivity index (χ4v) is 4.99. The highest BCUT2D eigenvalue weighted by Gasteiger charge is 2.40. The second-order valence-corrected chi connectivity index (χ2v) is 8.83. The molecule has 0 aromatic heterocycles. The largest absolute Gasteiger partial charge is 0.353 e. The van der Waals surface area contributed by atoms with Crippen molar-refractivity contribution in [2.75, 3.05) is 13.1 Å². The second-order valence-electron chi connectivity index (χ2n) is 8.83. The fraction of sp³-hybridized carbons (Fsp3) is 0.900. The molecule has 0 bridgehead atoms. The predicted molar refractivity (Wildman–Crippen MR) is 98.9 cm³/mol. The number of carbonyl (C=O) groups is 2. The van der Waals surface area contributed by atoms with Gasteiger partial charge in [0.2, 0.25) is 11.8 Å². The number of nitrogens with zero attached hydrogens (tertiary/aromatic N) is 1. The Balaban J connectivity index is 1.43. The summed E-state index contributed by atoms with van der Waals surface area (Å²) in [5.41, 5.74) is 6.04. The van der Waals surface area contributed by atoms with Gasteiger partial charge >= 0.3 is 0 Å². The van der Waals surface area contributed by atoms with Gasteiger partial charge in [-0.15, -0.1) is 0 Å². The van der Waals surface area contributed by atoms with E-state index in [1.165, 1.54) is 25.7 Å². The van der Waals surface area contributed by atoms with E-state index < -0.39 is 0 Å². The van der Waals surface area contributed by atoms with Gasteiger partial charge in [-0.1, -0.05) is 25.7 Å². The topological polar surface area (TPSA) is 75.4 Å². The molecular weight excluding hydrogens is 314 g/mol. The molecule has 5 heteroatoms. The van der Waals surface area contributed by atoms with Crippen LogP contribution in [0.25, 0.3) is 0 Å². The Labute approximate surface area is 152 Å². The quantitative estimate of drug-likeness (QED) is 0.819. The van der Waals surface area contributed by atoms with Crippen molar-refractivity contribution in [2.45, 2.75) is 89.1 Å². The van der Waals surface area contributed by atoms with Crippen molar-refractivity contribution < 1.29 is 9.59 Å². The number of nitrogens with one attached hydrogen (secondary N) is 1. The minimum atomic E-state index is -0.359. The molecule has 25 heavy (non-hydrogen) atoms. The van der Waals surface area contributed by atoms with Gasteiger partial charge in [0.1, 0.15) is 0 Å². The van der Waals surface area contributed by atoms with Crippen LogP contribution < -0.4 is 11.1 Å². The fourth-order valence-electron chi connectivity index (χ4n) is 4.99. The second kappa shape index (κ2) is 8.07. The van der Waals surface area contributed by atoms with Gasteiger partial charge in [-0.3, -0.25) is 9.59 Å². The standard InChI is InChI=1S/C20H35N3O2/c1-20(21)11-5-4-8-17(20)19(25)23-12-9-16(10-13-23)22-18(24)14-15-6-2-3-7-15/h15-17H,2-14,21H2,1H3,(H,22,24). The summed E-state index contributed by atoms with van der Waals surface area (Å²) < 4.78 is 0. The molecule has 0 aromatic carbocycles. The summed E-state index contributed by atoms with van der Waals surface area (Å²) in [5.74, 6) is 1.00. The lowest BCUT2D eigenvalue weighted by molar-refractivity contribution is -0.140. The van der Waals surface area contributed by atoms with Gasteiger partial charge in [0.15, 0.2) is 0 Å². The van der Waals surface area contributed by atoms with Crippen LogP contribution in [0.3, 0.4) is 0 Å². The molecule has 0 spiro atoms. The van der Waals surface area contributed by atoms with Crippen molar-refractivity contribution in [3.63, 3.8) is 0 Å². The van der Waals surface area contributed by atoms with Crippen LogP contribution in [0.4, 0.5) is 0 Å². The molecular formula is C20H35N3O2. The Hall–Kier alpha value is -1.10. The van der Waals surface area contributed by atoms with Crippen molar-refractivity contribution in [1.29, 1.82) is 0 Å². The molecule has 1 saturated heterocycles. The van der Waals surface area contributed by atoms with E-state index in [2.05, 4.69) is 5.32 Å². The zero-order chi connectivity index (χ0) is 17.9. The number of rotatable bonds is 4. The molecule has 2 atom stereocenters. The molecule has 3 aliphatic rings. The van der Waals surface area contributed by atoms with Crippen molar-refractivity contribution in [2.24, 2.45) is 17.6 Å². The Morgan fingerprint density at radius 2 is 1.68 bits per heavy atom. The summed E-state index contributed by atoms with van der Waals surface area (Å²) in [6.45, 7) is 3.53. The molecule has 2 aliphatic carbocycles. The molecule has 3 fully saturated rings. The van der Waals surface area contributed by atoms with E-state index in [0.29, 0.717) is 12.3 Å². The average Bonchev–Trinajstić information content (AvgIpc) is 3.07. The summed E-state index contributed by atoms with van der Waals surface area (Å²) in [7, 11) is 0. The number of nitrogens with two attached hydrogens (primary N) is 1. The molecule has 1 heterocycles. The summed E-state index contributed by atoms with van der Waals surface area (Å²) >= 11 is 0. The van der Waals surface area contributed by atoms with Gasteiger partial charge in [0, 0.05) is 31.1 Å². The molecule has 2 saturated carbocycles. The molecule has 3 rings (SSSR count). The Morgan fingerprint density at radius 1 is 1.04 bits per heavy atom. The highest BCUT2D eigenvalue weighted by molar-refractivity contribution is 5.80. The predicted octanol–water partition coefficient (Wildman–Crippen LogP) is 2.58. The van der Waals surface area contributed by atoms with Gasteiger partial charge in [0.25, 0.3) is 0 Å². The summed E-state index contributed by atoms with van der Waals surface area (Å²) in [5, 5.41) is 3.20. The molecule has 2 amide bonds. The van der Waals surface area contributed by atoms with E-state index in [-0.39, 0.29) is 29.3 Å². The number of amides is 2. The van der Waals surface area contributed by atoms with E-state index in [0.717, 1.165) is 51.6 Å². The normalized spacial score (nSPS) is 31.9. The van der Waals surface area contributed by atoms with E-state index in [1.807, 2.05) is 11.8 Å². The lowest BCUT2D eigenvalue weighted by Gasteiger charge is -2.41. The Kier molecular flexibility index (Phi) is 6.03. The molecule has 2 unspecified atom stereocenters. The van der Waals surface area contributed by atoms with Crippen LogP contribution in [0.15, 0.2) is 0 Å². The van der Waals surface area contributed by atoms with Crippen LogP contribution in [-0.4, -0.2) is 41.4 Å². The van der Waals surface area contributed by atoms with Crippen LogP contribution in [0.1, 0.15) is 77.6 Å². The van der Waals surface area contributed by atoms with Crippen molar-refractivity contribution in [1.82, 2.24) is 10.2 Å². The third kappa shape index (κ3) is 4.75. The van der Waals surface area contributed by atoms with E-state index >= 15 is 0 Å². The maximum Gasteiger partial charge on any atom is 0.227 e. The summed E-state index contributed by atoms with van der Waals surface area (Å²) in [4.78, 5) is 27.1. The lowest BCUT2D eigenvalue weighted by Crippen LogP contribution is -2.56. The van der Waals surface area contributed by atoms with Crippen LogP contribution in [0, 0.1) is 11.8 Å². The Morgan fingerprint density at radius 3 is 2.32 bits per heavy atom. The van der Waals surface area contributed by atoms with Gasteiger partial charge < -0.3 is 16.0 Å². The molecule has 5 nitrogen and oxygen atoms in total. The number of piperidine rings is 1. The van der Waals surface area contributed by atoms with Crippen LogP contribution >= 0.6 is 0 Å². The maximum atomic E-state index is 12.9. The van der Waals surface area contributed by atoms with Crippen molar-refractivity contribution >= 4 is 11.8 Å². The monoisotopic (exact) mass is 349 g/mol. The zero-order valence-electron chi connectivity index (χ0n) is 15.8. The highest BCUT2D eigenvalue weighted by Crippen LogP contribution is 2.33. The molecule has 3 N–H and O–H groups in total. The van der Waals surface area contributed by atoms with Crippen molar-refractivity contribution in [3.8, 4) is 0 Å². The molecule has 142 valence electrons. The maximum absolute atomic E-state index is 12.9. The van der Waals surface area contributed by atoms with Crippen LogP contribution in [-0.2, 0) is 9.59 Å². The first kappa shape index (κ1) is 18.7. The van der Waals surface area contributed by atoms with Gasteiger partial charge in [-0.2, -0.15) is 0 Å². The number of hydrogen-bond acceptors (Lipinski definition) is 3. The summed E-state index contributed by atoms with van der Waals surface area (Å²) in [6.07, 6.45) is 11.5. The minimum Gasteiger partial charge on any atom is -0.353 e. The van der Waals surface area contributed by atoms with Crippen LogP contribution in [0.2, 0.25) is 0 Å². The lowest BCUT2D eigenvalue weighted by atomic mass is 9.74. The van der Waals surface area contributed by atoms with E-state index in [4.69, 9.17) is 5.73 Å². The number of hydrogen-bond donors (Lipinski definition) is 2. The molecule has 1 aliphatic heterocycles. The first-order valence-electron chi connectivity index (χ1n) is 10.3. The smallest absolute Gasteiger partial charge is 0.227 e. The van der Waals surface area contributed by atoms with Gasteiger partial charge in [0.05, 0.1) is 5.92 Å². The van der Waals surface area contributed by atoms with Crippen molar-refractivity contribution in [3.05, 3.63) is 0 Å². The van der Waals surface area contributed by atoms with Gasteiger partial charge in [-0.05, 0) is 51.4 Å². The van der Waals surface area contributed by atoms with E-state index in [1.54, 1.807) is 0 Å². The number of likely N-dealkylation sites (tertiary alicyclic amines) is 1. The Bertz CT molecular complexity index is 477. The summed E-state index contributed by atoms with van der Waals surface area (Å²) in [6, 6.07) is 0.230. The third-order valence-electron chi connectivity index (χ3n) is 6.67. The first-order valence-corrected chi connectivity index (χ1v) is 10.3. The SMILES string of the molecule is CC1(N)CCCCC1C(=O)N1CCC(NC(=O)CC2CCCC2)CC1. The zero-order valence-corrected chi connectivity index (χ0v) is 15.8. The minimum absolute atomic E-state index is 0.0326. The molecule has 0 aromatic rings. The average molecular weight is 350 g/mol. The third-order valence-corrected chi connectivity index (χ3v) is 6.67. The first-order chi connectivity index (χ1) is 12.0. The van der Waals surface area contributed by atoms with E-state index in [9.17, 15) is 9.59 Å². The van der Waals surface area contributed by atoms with Gasteiger partial charge in [-0.25, -0.2) is 0 Å². The molecule has 0 radical (unpaired) electrons. The van der Waals surface area contributed by atoms with Crippen LogP contribution in [0.5, 0.6) is 0 Å².